The molecule has 8 heteroatoms. The second-order valence-corrected chi connectivity index (χ2v) is 8.30. The summed E-state index contributed by atoms with van der Waals surface area (Å²) >= 11 is 0. The number of anilines is 1. The molecule has 1 aromatic carbocycles. The zero-order valence-electron chi connectivity index (χ0n) is 17.5. The van der Waals surface area contributed by atoms with E-state index in [0.29, 0.717) is 30.6 Å². The van der Waals surface area contributed by atoms with Gasteiger partial charge in [0.1, 0.15) is 0 Å². The highest BCUT2D eigenvalue weighted by Crippen LogP contribution is 2.23. The van der Waals surface area contributed by atoms with Gasteiger partial charge in [-0.3, -0.25) is 18.7 Å². The van der Waals surface area contributed by atoms with E-state index in [1.54, 1.807) is 11.6 Å². The van der Waals surface area contributed by atoms with E-state index >= 15 is 0 Å². The maximum Gasteiger partial charge on any atom is 0.332 e. The molecule has 0 bridgehead atoms. The molecule has 0 atom stereocenters. The molecule has 3 aromatic rings. The summed E-state index contributed by atoms with van der Waals surface area (Å²) in [4.78, 5) is 40.9. The van der Waals surface area contributed by atoms with Crippen molar-refractivity contribution in [3.05, 3.63) is 57.0 Å². The van der Waals surface area contributed by atoms with Crippen LogP contribution in [0, 0.1) is 0 Å². The van der Waals surface area contributed by atoms with Crippen LogP contribution in [0.25, 0.3) is 11.2 Å². The van der Waals surface area contributed by atoms with Crippen molar-refractivity contribution in [2.45, 2.75) is 45.6 Å². The van der Waals surface area contributed by atoms with E-state index in [2.05, 4.69) is 31.1 Å². The normalized spacial score (nSPS) is 11.8. The lowest BCUT2D eigenvalue weighted by molar-refractivity contribution is -0.116. The Hall–Kier alpha value is -3.16. The molecule has 0 unspecified atom stereocenters. The lowest BCUT2D eigenvalue weighted by atomic mass is 9.87. The quantitative estimate of drug-likeness (QED) is 0.714. The molecule has 2 heterocycles. The van der Waals surface area contributed by atoms with Crippen molar-refractivity contribution in [1.82, 2.24) is 18.7 Å². The number of aromatic nitrogens is 4. The molecule has 0 aliphatic carbocycles. The average molecular weight is 397 g/mol. The third-order valence-corrected chi connectivity index (χ3v) is 5.05. The number of fused-ring (bicyclic) bond motifs is 1. The molecule has 0 radical (unpaired) electrons. The monoisotopic (exact) mass is 397 g/mol. The largest absolute Gasteiger partial charge is 0.332 e. The van der Waals surface area contributed by atoms with Gasteiger partial charge >= 0.3 is 5.69 Å². The Labute approximate surface area is 168 Å². The fraction of sp³-hybridized carbons (Fsp3) is 0.429. The summed E-state index contributed by atoms with van der Waals surface area (Å²) in [6.45, 7) is 6.89. The minimum Gasteiger partial charge on any atom is -0.326 e. The topological polar surface area (TPSA) is 90.9 Å². The number of hydrogen-bond donors (Lipinski definition) is 1. The smallest absolute Gasteiger partial charge is 0.326 e. The highest BCUT2D eigenvalue weighted by molar-refractivity contribution is 5.90. The fourth-order valence-corrected chi connectivity index (χ4v) is 3.25. The first-order valence-electron chi connectivity index (χ1n) is 9.61. The van der Waals surface area contributed by atoms with Crippen LogP contribution in [0.4, 0.5) is 5.69 Å². The van der Waals surface area contributed by atoms with E-state index in [1.165, 1.54) is 23.5 Å². The Morgan fingerprint density at radius 2 is 1.72 bits per heavy atom. The molecule has 0 saturated heterocycles. The minimum atomic E-state index is -0.412. The minimum absolute atomic E-state index is 0.0661. The van der Waals surface area contributed by atoms with E-state index in [1.807, 2.05) is 24.3 Å². The summed E-state index contributed by atoms with van der Waals surface area (Å²) in [7, 11) is 3.03. The Morgan fingerprint density at radius 3 is 2.34 bits per heavy atom. The third-order valence-electron chi connectivity index (χ3n) is 5.05. The Morgan fingerprint density at radius 1 is 1.07 bits per heavy atom. The molecule has 0 saturated carbocycles. The van der Waals surface area contributed by atoms with Crippen LogP contribution in [0.2, 0.25) is 0 Å². The van der Waals surface area contributed by atoms with Crippen molar-refractivity contribution in [1.29, 1.82) is 0 Å². The van der Waals surface area contributed by atoms with E-state index in [9.17, 15) is 14.4 Å². The second-order valence-electron chi connectivity index (χ2n) is 8.30. The van der Waals surface area contributed by atoms with E-state index in [-0.39, 0.29) is 16.9 Å². The number of rotatable bonds is 5. The van der Waals surface area contributed by atoms with Crippen LogP contribution in [0.3, 0.4) is 0 Å². The molecule has 1 amide bonds. The average Bonchev–Trinajstić information content (AvgIpc) is 3.08. The lowest BCUT2D eigenvalue weighted by Gasteiger charge is -2.19. The molecular formula is C21H27N5O3. The SMILES string of the molecule is Cn1c(=O)c2c(ncn2CCCC(=O)Nc2ccc(C(C)(C)C)cc2)n(C)c1=O. The van der Waals surface area contributed by atoms with Crippen LogP contribution in [0.15, 0.2) is 40.2 Å². The third kappa shape index (κ3) is 4.16. The van der Waals surface area contributed by atoms with Crippen LogP contribution < -0.4 is 16.6 Å². The fourth-order valence-electron chi connectivity index (χ4n) is 3.25. The number of amides is 1. The number of hydrogen-bond acceptors (Lipinski definition) is 4. The standard InChI is InChI=1S/C21H27N5O3/c1-21(2,3)14-8-10-15(11-9-14)23-16(27)7-6-12-26-13-22-18-17(26)19(28)25(5)20(29)24(18)4/h8-11,13H,6-7,12H2,1-5H3,(H,23,27). The number of nitrogens with zero attached hydrogens (tertiary/aromatic N) is 4. The number of imidazole rings is 1. The van der Waals surface area contributed by atoms with Crippen molar-refractivity contribution >= 4 is 22.8 Å². The number of aryl methyl sites for hydroxylation is 2. The summed E-state index contributed by atoms with van der Waals surface area (Å²) in [5, 5.41) is 2.90. The molecule has 29 heavy (non-hydrogen) atoms. The van der Waals surface area contributed by atoms with Crippen LogP contribution in [0.5, 0.6) is 0 Å². The van der Waals surface area contributed by atoms with Crippen molar-refractivity contribution in [3.63, 3.8) is 0 Å². The highest BCUT2D eigenvalue weighted by Gasteiger charge is 2.15. The zero-order valence-corrected chi connectivity index (χ0v) is 17.5. The Balaban J connectivity index is 1.64. The first-order valence-corrected chi connectivity index (χ1v) is 9.61. The maximum atomic E-state index is 12.4. The van der Waals surface area contributed by atoms with E-state index in [0.717, 1.165) is 10.3 Å². The number of carbonyl (C=O) groups excluding carboxylic acids is 1. The van der Waals surface area contributed by atoms with Crippen LogP contribution >= 0.6 is 0 Å². The zero-order chi connectivity index (χ0) is 21.3. The predicted octanol–water partition coefficient (Wildman–Crippen LogP) is 2.15. The van der Waals surface area contributed by atoms with Crippen molar-refractivity contribution in [3.8, 4) is 0 Å². The predicted molar refractivity (Wildman–Crippen MR) is 113 cm³/mol. The van der Waals surface area contributed by atoms with Gasteiger partial charge in [-0.05, 0) is 29.5 Å². The van der Waals surface area contributed by atoms with Gasteiger partial charge in [-0.25, -0.2) is 9.78 Å². The van der Waals surface area contributed by atoms with Crippen LogP contribution in [0.1, 0.15) is 39.2 Å². The Kier molecular flexibility index (Phi) is 5.46. The molecular weight excluding hydrogens is 370 g/mol. The van der Waals surface area contributed by atoms with Gasteiger partial charge in [-0.15, -0.1) is 0 Å². The van der Waals surface area contributed by atoms with Gasteiger partial charge < -0.3 is 9.88 Å². The molecule has 3 rings (SSSR count). The molecule has 8 nitrogen and oxygen atoms in total. The van der Waals surface area contributed by atoms with Crippen LogP contribution in [-0.4, -0.2) is 24.6 Å². The second kappa shape index (κ2) is 7.69. The first kappa shape index (κ1) is 20.6. The van der Waals surface area contributed by atoms with Gasteiger partial charge in [-0.2, -0.15) is 0 Å². The Bertz CT molecular complexity index is 1160. The molecule has 0 aliphatic heterocycles. The molecule has 1 N–H and O–H groups in total. The van der Waals surface area contributed by atoms with Gasteiger partial charge in [-0.1, -0.05) is 32.9 Å². The number of benzene rings is 1. The summed E-state index contributed by atoms with van der Waals surface area (Å²) < 4.78 is 4.11. The van der Waals surface area contributed by atoms with Gasteiger partial charge in [0.2, 0.25) is 5.91 Å². The molecule has 2 aromatic heterocycles. The first-order chi connectivity index (χ1) is 13.6. The van der Waals surface area contributed by atoms with Gasteiger partial charge in [0.15, 0.2) is 11.2 Å². The molecule has 0 spiro atoms. The molecule has 0 fully saturated rings. The highest BCUT2D eigenvalue weighted by atomic mass is 16.2. The van der Waals surface area contributed by atoms with Crippen LogP contribution in [-0.2, 0) is 30.8 Å². The molecule has 154 valence electrons. The van der Waals surface area contributed by atoms with E-state index < -0.39 is 5.69 Å². The van der Waals surface area contributed by atoms with Crippen molar-refractivity contribution in [2.75, 3.05) is 5.32 Å². The maximum absolute atomic E-state index is 12.4. The van der Waals surface area contributed by atoms with Gasteiger partial charge in [0.25, 0.3) is 5.56 Å². The van der Waals surface area contributed by atoms with Crippen molar-refractivity contribution in [2.24, 2.45) is 14.1 Å². The summed E-state index contributed by atoms with van der Waals surface area (Å²) in [5.41, 5.74) is 1.96. The number of carbonyl (C=O) groups is 1. The van der Waals surface area contributed by atoms with Gasteiger partial charge in [0.05, 0.1) is 6.33 Å². The summed E-state index contributed by atoms with van der Waals surface area (Å²) in [5.74, 6) is -0.0850. The number of nitrogens with one attached hydrogen (secondary N) is 1. The summed E-state index contributed by atoms with van der Waals surface area (Å²) in [6, 6.07) is 7.86. The van der Waals surface area contributed by atoms with E-state index in [4.69, 9.17) is 0 Å². The van der Waals surface area contributed by atoms with Crippen molar-refractivity contribution < 1.29 is 4.79 Å². The lowest BCUT2D eigenvalue weighted by Crippen LogP contribution is -2.37. The summed E-state index contributed by atoms with van der Waals surface area (Å²) in [6.07, 6.45) is 2.39. The van der Waals surface area contributed by atoms with Gasteiger partial charge in [0, 0.05) is 32.7 Å². The molecule has 0 aliphatic rings.